The van der Waals surface area contributed by atoms with Crippen LogP contribution in [0.2, 0.25) is 0 Å². The number of hydrogen-bond donors (Lipinski definition) is 2. The number of guanidine groups is 1. The third kappa shape index (κ3) is 4.83. The number of benzene rings is 2. The van der Waals surface area contributed by atoms with E-state index in [4.69, 9.17) is 10.5 Å². The zero-order valence-electron chi connectivity index (χ0n) is 14.7. The summed E-state index contributed by atoms with van der Waals surface area (Å²) in [6, 6.07) is 17.2. The first-order valence-corrected chi connectivity index (χ1v) is 8.51. The van der Waals surface area contributed by atoms with Crippen molar-refractivity contribution in [1.82, 2.24) is 14.8 Å². The highest BCUT2D eigenvalue weighted by atomic mass is 16.5. The molecule has 0 amide bonds. The number of nitrogens with two attached hydrogens (primary N) is 1. The summed E-state index contributed by atoms with van der Waals surface area (Å²) >= 11 is 0. The average Bonchev–Trinajstić information content (AvgIpc) is 3.10. The van der Waals surface area contributed by atoms with Crippen molar-refractivity contribution in [2.75, 3.05) is 11.9 Å². The summed E-state index contributed by atoms with van der Waals surface area (Å²) in [6.45, 7) is 3.28. The second-order valence-corrected chi connectivity index (χ2v) is 5.63. The monoisotopic (exact) mass is 350 g/mol. The minimum absolute atomic E-state index is 0.355. The smallest absolute Gasteiger partial charge is 0.193 e. The summed E-state index contributed by atoms with van der Waals surface area (Å²) in [7, 11) is 0. The molecule has 2 aromatic carbocycles. The van der Waals surface area contributed by atoms with Crippen LogP contribution in [-0.2, 0) is 13.0 Å². The van der Waals surface area contributed by atoms with E-state index in [2.05, 4.69) is 20.5 Å². The largest absolute Gasteiger partial charge is 0.457 e. The van der Waals surface area contributed by atoms with Crippen LogP contribution in [0.5, 0.6) is 11.5 Å². The van der Waals surface area contributed by atoms with Crippen LogP contribution in [0, 0.1) is 0 Å². The Morgan fingerprint density at radius 2 is 1.96 bits per heavy atom. The summed E-state index contributed by atoms with van der Waals surface area (Å²) in [4.78, 5) is 4.35. The van der Waals surface area contributed by atoms with Gasteiger partial charge in [-0.25, -0.2) is 0 Å². The van der Waals surface area contributed by atoms with Gasteiger partial charge in [0.25, 0.3) is 0 Å². The number of para-hydroxylation sites is 1. The number of aryl methyl sites for hydroxylation is 1. The summed E-state index contributed by atoms with van der Waals surface area (Å²) in [5, 5.41) is 11.0. The van der Waals surface area contributed by atoms with Crippen molar-refractivity contribution in [3.05, 3.63) is 66.7 Å². The molecule has 0 unspecified atom stereocenters. The van der Waals surface area contributed by atoms with E-state index in [9.17, 15) is 0 Å². The van der Waals surface area contributed by atoms with E-state index in [0.717, 1.165) is 29.4 Å². The van der Waals surface area contributed by atoms with Crippen LogP contribution in [-0.4, -0.2) is 27.3 Å². The summed E-state index contributed by atoms with van der Waals surface area (Å²) in [5.41, 5.74) is 6.79. The predicted octanol–water partition coefficient (Wildman–Crippen LogP) is 3.06. The summed E-state index contributed by atoms with van der Waals surface area (Å²) in [5.74, 6) is 2.81. The van der Waals surface area contributed by atoms with Gasteiger partial charge < -0.3 is 20.4 Å². The van der Waals surface area contributed by atoms with Crippen LogP contribution in [0.15, 0.2) is 65.9 Å². The molecule has 0 bridgehead atoms. The van der Waals surface area contributed by atoms with E-state index in [0.29, 0.717) is 19.0 Å². The molecular formula is C19H22N6O. The van der Waals surface area contributed by atoms with E-state index < -0.39 is 0 Å². The molecule has 7 heteroatoms. The van der Waals surface area contributed by atoms with Crippen LogP contribution in [0.4, 0.5) is 5.69 Å². The first kappa shape index (κ1) is 17.5. The molecule has 0 aliphatic carbocycles. The maximum Gasteiger partial charge on any atom is 0.193 e. The molecule has 7 nitrogen and oxygen atoms in total. The third-order valence-corrected chi connectivity index (χ3v) is 3.72. The quantitative estimate of drug-likeness (QED) is 0.505. The van der Waals surface area contributed by atoms with E-state index in [1.54, 1.807) is 6.33 Å². The molecule has 0 saturated heterocycles. The molecule has 0 atom stereocenters. The van der Waals surface area contributed by atoms with Gasteiger partial charge in [-0.1, -0.05) is 31.2 Å². The minimum Gasteiger partial charge on any atom is -0.457 e. The van der Waals surface area contributed by atoms with Gasteiger partial charge in [0.2, 0.25) is 0 Å². The molecule has 3 rings (SSSR count). The lowest BCUT2D eigenvalue weighted by molar-refractivity contribution is 0.483. The Hall–Kier alpha value is -3.35. The van der Waals surface area contributed by atoms with Gasteiger partial charge in [-0.15, -0.1) is 10.2 Å². The number of aliphatic imine (C=N–C) groups is 1. The highest BCUT2D eigenvalue weighted by molar-refractivity contribution is 5.92. The van der Waals surface area contributed by atoms with Gasteiger partial charge in [0.15, 0.2) is 5.96 Å². The Bertz CT molecular complexity index is 859. The summed E-state index contributed by atoms with van der Waals surface area (Å²) < 4.78 is 7.80. The lowest BCUT2D eigenvalue weighted by Crippen LogP contribution is -2.23. The highest BCUT2D eigenvalue weighted by Crippen LogP contribution is 2.23. The number of hydrogen-bond acceptors (Lipinski definition) is 4. The number of nitrogens with one attached hydrogen (secondary N) is 1. The third-order valence-electron chi connectivity index (χ3n) is 3.72. The fourth-order valence-electron chi connectivity index (χ4n) is 2.47. The topological polar surface area (TPSA) is 90.4 Å². The molecule has 0 aliphatic heterocycles. The van der Waals surface area contributed by atoms with Gasteiger partial charge in [-0.3, -0.25) is 4.99 Å². The van der Waals surface area contributed by atoms with Crippen LogP contribution in [0.1, 0.15) is 12.7 Å². The molecular weight excluding hydrogens is 328 g/mol. The maximum absolute atomic E-state index is 5.98. The Kier molecular flexibility index (Phi) is 5.82. The van der Waals surface area contributed by atoms with Crippen LogP contribution >= 0.6 is 0 Å². The normalized spacial score (nSPS) is 11.3. The van der Waals surface area contributed by atoms with Crippen molar-refractivity contribution in [2.24, 2.45) is 10.7 Å². The number of ether oxygens (including phenoxy) is 1. The van der Waals surface area contributed by atoms with Gasteiger partial charge in [-0.2, -0.15) is 0 Å². The van der Waals surface area contributed by atoms with E-state index >= 15 is 0 Å². The Labute approximate surface area is 152 Å². The van der Waals surface area contributed by atoms with Crippen LogP contribution < -0.4 is 15.8 Å². The molecule has 134 valence electrons. The van der Waals surface area contributed by atoms with Crippen molar-refractivity contribution < 1.29 is 4.74 Å². The Morgan fingerprint density at radius 1 is 1.15 bits per heavy atom. The molecule has 1 aromatic heterocycles. The molecule has 0 radical (unpaired) electrons. The lowest BCUT2D eigenvalue weighted by atomic mass is 10.3. The predicted molar refractivity (Wildman–Crippen MR) is 102 cm³/mol. The number of anilines is 1. The van der Waals surface area contributed by atoms with Gasteiger partial charge in [0.1, 0.15) is 23.7 Å². The van der Waals surface area contributed by atoms with Gasteiger partial charge >= 0.3 is 0 Å². The Morgan fingerprint density at radius 3 is 2.77 bits per heavy atom. The fraction of sp³-hybridized carbons (Fsp3) is 0.211. The molecule has 0 spiro atoms. The molecule has 1 heterocycles. The standard InChI is InChI=1S/C19H22N6O/c1-2-18-24-22-14-25(18)12-11-21-19(20)23-15-7-6-10-17(13-15)26-16-8-4-3-5-9-16/h3-10,13-14H,2,11-12H2,1H3,(H3,20,21,23). The van der Waals surface area contributed by atoms with Gasteiger partial charge in [0.05, 0.1) is 6.54 Å². The van der Waals surface area contributed by atoms with Crippen LogP contribution in [0.3, 0.4) is 0 Å². The van der Waals surface area contributed by atoms with Crippen molar-refractivity contribution in [3.8, 4) is 11.5 Å². The number of aromatic nitrogens is 3. The minimum atomic E-state index is 0.355. The van der Waals surface area contributed by atoms with E-state index in [1.165, 1.54) is 0 Å². The zero-order chi connectivity index (χ0) is 18.2. The number of nitrogens with zero attached hydrogens (tertiary/aromatic N) is 4. The van der Waals surface area contributed by atoms with Crippen LogP contribution in [0.25, 0.3) is 0 Å². The molecule has 0 saturated carbocycles. The SMILES string of the molecule is CCc1nncn1CCN=C(N)Nc1cccc(Oc2ccccc2)c1. The van der Waals surface area contributed by atoms with E-state index in [-0.39, 0.29) is 0 Å². The van der Waals surface area contributed by atoms with Gasteiger partial charge in [0, 0.05) is 24.7 Å². The van der Waals surface area contributed by atoms with Crippen molar-refractivity contribution >= 4 is 11.6 Å². The van der Waals surface area contributed by atoms with Crippen molar-refractivity contribution in [3.63, 3.8) is 0 Å². The first-order valence-electron chi connectivity index (χ1n) is 8.51. The molecule has 26 heavy (non-hydrogen) atoms. The molecule has 0 aliphatic rings. The van der Waals surface area contributed by atoms with E-state index in [1.807, 2.05) is 66.1 Å². The first-order chi connectivity index (χ1) is 12.7. The van der Waals surface area contributed by atoms with Gasteiger partial charge in [-0.05, 0) is 24.3 Å². The molecule has 3 aromatic rings. The molecule has 3 N–H and O–H groups in total. The zero-order valence-corrected chi connectivity index (χ0v) is 14.7. The average molecular weight is 350 g/mol. The van der Waals surface area contributed by atoms with Crippen molar-refractivity contribution in [2.45, 2.75) is 19.9 Å². The highest BCUT2D eigenvalue weighted by Gasteiger charge is 2.02. The molecule has 0 fully saturated rings. The second-order valence-electron chi connectivity index (χ2n) is 5.63. The number of rotatable bonds is 7. The fourth-order valence-corrected chi connectivity index (χ4v) is 2.47. The second kappa shape index (κ2) is 8.66. The lowest BCUT2D eigenvalue weighted by Gasteiger charge is -2.09. The maximum atomic E-state index is 5.98. The van der Waals surface area contributed by atoms with Crippen molar-refractivity contribution in [1.29, 1.82) is 0 Å². The Balaban J connectivity index is 1.57. The summed E-state index contributed by atoms with van der Waals surface area (Å²) in [6.07, 6.45) is 2.55.